The SMILES string of the molecule is CCC(O)C(O)CCCC(C)C. The number of hydrogen-bond donors (Lipinski definition) is 2. The molecule has 0 saturated carbocycles. The molecule has 2 atom stereocenters. The lowest BCUT2D eigenvalue weighted by Gasteiger charge is -2.16. The van der Waals surface area contributed by atoms with Crippen molar-refractivity contribution in [1.29, 1.82) is 0 Å². The van der Waals surface area contributed by atoms with Crippen LogP contribution in [0.5, 0.6) is 0 Å². The molecule has 0 bridgehead atoms. The zero-order chi connectivity index (χ0) is 9.56. The Balaban J connectivity index is 3.37. The largest absolute Gasteiger partial charge is 0.390 e. The van der Waals surface area contributed by atoms with Crippen LogP contribution in [0.25, 0.3) is 0 Å². The third-order valence-electron chi connectivity index (χ3n) is 2.14. The molecule has 2 nitrogen and oxygen atoms in total. The maximum atomic E-state index is 9.38. The summed E-state index contributed by atoms with van der Waals surface area (Å²) >= 11 is 0. The van der Waals surface area contributed by atoms with Crippen molar-refractivity contribution in [2.24, 2.45) is 5.92 Å². The van der Waals surface area contributed by atoms with Crippen molar-refractivity contribution in [1.82, 2.24) is 0 Å². The Bertz CT molecular complexity index is 102. The van der Waals surface area contributed by atoms with Gasteiger partial charge in [-0.15, -0.1) is 0 Å². The normalized spacial score (nSPS) is 16.5. The molecule has 0 heterocycles. The first-order valence-corrected chi connectivity index (χ1v) is 4.94. The first-order valence-electron chi connectivity index (χ1n) is 4.94. The molecule has 2 unspecified atom stereocenters. The second-order valence-corrected chi connectivity index (χ2v) is 3.87. The van der Waals surface area contributed by atoms with Gasteiger partial charge in [0.2, 0.25) is 0 Å². The summed E-state index contributed by atoms with van der Waals surface area (Å²) < 4.78 is 0. The van der Waals surface area contributed by atoms with E-state index in [0.29, 0.717) is 12.3 Å². The molecule has 0 fully saturated rings. The molecule has 0 rings (SSSR count). The van der Waals surface area contributed by atoms with Gasteiger partial charge in [-0.3, -0.25) is 0 Å². The molecule has 0 aromatic heterocycles. The van der Waals surface area contributed by atoms with E-state index in [1.54, 1.807) is 0 Å². The average molecular weight is 174 g/mol. The van der Waals surface area contributed by atoms with Crippen molar-refractivity contribution in [3.63, 3.8) is 0 Å². The standard InChI is InChI=1S/C10H22O2/c1-4-9(11)10(12)7-5-6-8(2)3/h8-12H,4-7H2,1-3H3. The summed E-state index contributed by atoms with van der Waals surface area (Å²) in [4.78, 5) is 0. The van der Waals surface area contributed by atoms with Gasteiger partial charge < -0.3 is 10.2 Å². The summed E-state index contributed by atoms with van der Waals surface area (Å²) in [6.45, 7) is 6.22. The van der Waals surface area contributed by atoms with Crippen molar-refractivity contribution >= 4 is 0 Å². The first kappa shape index (κ1) is 11.9. The number of hydrogen-bond acceptors (Lipinski definition) is 2. The molecule has 0 aromatic rings. The molecule has 0 radical (unpaired) electrons. The molecule has 0 aromatic carbocycles. The summed E-state index contributed by atoms with van der Waals surface area (Å²) in [5, 5.41) is 18.6. The van der Waals surface area contributed by atoms with E-state index >= 15 is 0 Å². The van der Waals surface area contributed by atoms with Crippen LogP contribution in [0.4, 0.5) is 0 Å². The second kappa shape index (κ2) is 6.44. The molecule has 0 aliphatic carbocycles. The van der Waals surface area contributed by atoms with Crippen molar-refractivity contribution in [3.05, 3.63) is 0 Å². The summed E-state index contributed by atoms with van der Waals surface area (Å²) in [6, 6.07) is 0. The van der Waals surface area contributed by atoms with E-state index in [-0.39, 0.29) is 0 Å². The fourth-order valence-electron chi connectivity index (χ4n) is 1.20. The molecular weight excluding hydrogens is 152 g/mol. The zero-order valence-electron chi connectivity index (χ0n) is 8.45. The van der Waals surface area contributed by atoms with Gasteiger partial charge in [0.25, 0.3) is 0 Å². The van der Waals surface area contributed by atoms with Crippen molar-refractivity contribution < 1.29 is 10.2 Å². The lowest BCUT2D eigenvalue weighted by atomic mass is 10.0. The van der Waals surface area contributed by atoms with Crippen LogP contribution in [0.3, 0.4) is 0 Å². The van der Waals surface area contributed by atoms with Crippen LogP contribution in [0.2, 0.25) is 0 Å². The lowest BCUT2D eigenvalue weighted by molar-refractivity contribution is 0.0110. The van der Waals surface area contributed by atoms with Crippen LogP contribution in [-0.4, -0.2) is 22.4 Å². The van der Waals surface area contributed by atoms with Gasteiger partial charge in [0, 0.05) is 0 Å². The maximum absolute atomic E-state index is 9.38. The lowest BCUT2D eigenvalue weighted by Crippen LogP contribution is -2.24. The fraction of sp³-hybridized carbons (Fsp3) is 1.00. The quantitative estimate of drug-likeness (QED) is 0.646. The van der Waals surface area contributed by atoms with E-state index in [0.717, 1.165) is 19.3 Å². The third-order valence-corrected chi connectivity index (χ3v) is 2.14. The monoisotopic (exact) mass is 174 g/mol. The molecule has 12 heavy (non-hydrogen) atoms. The van der Waals surface area contributed by atoms with Crippen molar-refractivity contribution in [2.45, 2.75) is 58.7 Å². The molecular formula is C10H22O2. The van der Waals surface area contributed by atoms with Gasteiger partial charge in [0.05, 0.1) is 12.2 Å². The molecule has 2 heteroatoms. The Morgan fingerprint density at radius 3 is 2.00 bits per heavy atom. The Hall–Kier alpha value is -0.0800. The van der Waals surface area contributed by atoms with Gasteiger partial charge in [-0.05, 0) is 18.8 Å². The molecule has 0 amide bonds. The Labute approximate surface area is 75.6 Å². The first-order chi connectivity index (χ1) is 5.57. The fourth-order valence-corrected chi connectivity index (χ4v) is 1.20. The number of aliphatic hydroxyl groups excluding tert-OH is 2. The summed E-state index contributed by atoms with van der Waals surface area (Å²) in [7, 11) is 0. The number of aliphatic hydroxyl groups is 2. The summed E-state index contributed by atoms with van der Waals surface area (Å²) in [6.07, 6.45) is 2.46. The minimum Gasteiger partial charge on any atom is -0.390 e. The molecule has 0 aliphatic heterocycles. The minimum atomic E-state index is -0.530. The number of rotatable bonds is 6. The van der Waals surface area contributed by atoms with Crippen LogP contribution < -0.4 is 0 Å². The highest BCUT2D eigenvalue weighted by Gasteiger charge is 2.13. The average Bonchev–Trinajstić information content (AvgIpc) is 2.02. The van der Waals surface area contributed by atoms with Crippen LogP contribution in [-0.2, 0) is 0 Å². The van der Waals surface area contributed by atoms with Gasteiger partial charge >= 0.3 is 0 Å². The Morgan fingerprint density at radius 2 is 1.58 bits per heavy atom. The molecule has 0 spiro atoms. The van der Waals surface area contributed by atoms with Crippen LogP contribution in [0.1, 0.15) is 46.5 Å². The van der Waals surface area contributed by atoms with Crippen LogP contribution in [0, 0.1) is 5.92 Å². The van der Waals surface area contributed by atoms with Crippen molar-refractivity contribution in [2.75, 3.05) is 0 Å². The van der Waals surface area contributed by atoms with Gasteiger partial charge in [-0.25, -0.2) is 0 Å². The van der Waals surface area contributed by atoms with E-state index in [2.05, 4.69) is 13.8 Å². The van der Waals surface area contributed by atoms with E-state index in [9.17, 15) is 10.2 Å². The second-order valence-electron chi connectivity index (χ2n) is 3.87. The topological polar surface area (TPSA) is 40.5 Å². The highest BCUT2D eigenvalue weighted by atomic mass is 16.3. The molecule has 74 valence electrons. The third kappa shape index (κ3) is 5.56. The van der Waals surface area contributed by atoms with E-state index < -0.39 is 12.2 Å². The maximum Gasteiger partial charge on any atom is 0.0799 e. The highest BCUT2D eigenvalue weighted by molar-refractivity contribution is 4.65. The van der Waals surface area contributed by atoms with Crippen LogP contribution >= 0.6 is 0 Å². The summed E-state index contributed by atoms with van der Waals surface area (Å²) in [5.74, 6) is 0.691. The molecule has 0 aliphatic rings. The molecule has 2 N–H and O–H groups in total. The summed E-state index contributed by atoms with van der Waals surface area (Å²) in [5.41, 5.74) is 0. The predicted molar refractivity (Wildman–Crippen MR) is 51.0 cm³/mol. The van der Waals surface area contributed by atoms with E-state index in [1.165, 1.54) is 0 Å². The van der Waals surface area contributed by atoms with Gasteiger partial charge in [-0.1, -0.05) is 33.6 Å². The van der Waals surface area contributed by atoms with Crippen molar-refractivity contribution in [3.8, 4) is 0 Å². The van der Waals surface area contributed by atoms with Gasteiger partial charge in [-0.2, -0.15) is 0 Å². The Morgan fingerprint density at radius 1 is 1.00 bits per heavy atom. The van der Waals surface area contributed by atoms with E-state index in [4.69, 9.17) is 0 Å². The van der Waals surface area contributed by atoms with Gasteiger partial charge in [0.15, 0.2) is 0 Å². The smallest absolute Gasteiger partial charge is 0.0799 e. The predicted octanol–water partition coefficient (Wildman–Crippen LogP) is 1.94. The minimum absolute atomic E-state index is 0.520. The highest BCUT2D eigenvalue weighted by Crippen LogP contribution is 2.11. The van der Waals surface area contributed by atoms with Crippen LogP contribution in [0.15, 0.2) is 0 Å². The zero-order valence-corrected chi connectivity index (χ0v) is 8.45. The van der Waals surface area contributed by atoms with E-state index in [1.807, 2.05) is 6.92 Å². The van der Waals surface area contributed by atoms with Gasteiger partial charge in [0.1, 0.15) is 0 Å². The Kier molecular flexibility index (Phi) is 6.39. The molecule has 0 saturated heterocycles.